The first-order valence-corrected chi connectivity index (χ1v) is 11.5. The van der Waals surface area contributed by atoms with E-state index >= 15 is 0 Å². The fourth-order valence-electron chi connectivity index (χ4n) is 0.853. The molecular weight excluding hydrogens is 279 g/mol. The molecule has 1 aromatic carbocycles. The standard InChI is InChI=1S/C7H7BO3.2ClH.Zn/c9-5-6-3-1-2-4-7(6)8(10)11;;;/h1-5,10-11H;2*1H;/q;;;+2/p-2. The zero-order valence-electron chi connectivity index (χ0n) is 7.23. The Hall–Kier alpha value is 0.0783. The summed E-state index contributed by atoms with van der Waals surface area (Å²) in [6, 6.07) is 6.33. The summed E-state index contributed by atoms with van der Waals surface area (Å²) in [5.74, 6) is 0. The van der Waals surface area contributed by atoms with Gasteiger partial charge in [-0.15, -0.1) is 0 Å². The summed E-state index contributed by atoms with van der Waals surface area (Å²) < 4.78 is 0. The zero-order chi connectivity index (χ0) is 11.0. The summed E-state index contributed by atoms with van der Waals surface area (Å²) in [6.45, 7) is 0. The Bertz CT molecular complexity index is 285. The van der Waals surface area contributed by atoms with E-state index in [2.05, 4.69) is 0 Å². The molecule has 2 N–H and O–H groups in total. The molecule has 0 radical (unpaired) electrons. The molecule has 3 nitrogen and oxygen atoms in total. The summed E-state index contributed by atoms with van der Waals surface area (Å²) in [6.07, 6.45) is 0.592. The van der Waals surface area contributed by atoms with Gasteiger partial charge in [0.25, 0.3) is 0 Å². The Kier molecular flexibility index (Phi) is 8.44. The van der Waals surface area contributed by atoms with Crippen LogP contribution in [-0.4, -0.2) is 23.5 Å². The molecule has 1 aromatic rings. The van der Waals surface area contributed by atoms with Crippen molar-refractivity contribution in [2.75, 3.05) is 0 Å². The Morgan fingerprint density at radius 2 is 1.79 bits per heavy atom. The molecule has 0 aliphatic heterocycles. The van der Waals surface area contributed by atoms with Gasteiger partial charge in [-0.3, -0.25) is 4.79 Å². The van der Waals surface area contributed by atoms with Gasteiger partial charge in [0, 0.05) is 5.56 Å². The van der Waals surface area contributed by atoms with Crippen LogP contribution in [0.25, 0.3) is 0 Å². The third-order valence-corrected chi connectivity index (χ3v) is 1.40. The number of halogens is 2. The quantitative estimate of drug-likeness (QED) is 0.617. The molecule has 72 valence electrons. The molecule has 0 saturated heterocycles. The van der Waals surface area contributed by atoms with Gasteiger partial charge in [-0.1, -0.05) is 24.3 Å². The van der Waals surface area contributed by atoms with Crippen LogP contribution in [0.15, 0.2) is 24.3 Å². The number of hydrogen-bond donors (Lipinski definition) is 2. The summed E-state index contributed by atoms with van der Waals surface area (Å²) in [5.41, 5.74) is 0.546. The van der Waals surface area contributed by atoms with Crippen molar-refractivity contribution in [2.24, 2.45) is 0 Å². The van der Waals surface area contributed by atoms with E-state index in [0.717, 1.165) is 0 Å². The molecule has 7 heteroatoms. The molecule has 0 atom stereocenters. The summed E-state index contributed by atoms with van der Waals surface area (Å²) in [4.78, 5) is 10.3. The first-order valence-electron chi connectivity index (χ1n) is 3.69. The Balaban J connectivity index is 0.000000500. The number of rotatable bonds is 2. The van der Waals surface area contributed by atoms with Crippen LogP contribution in [0.3, 0.4) is 0 Å². The van der Waals surface area contributed by atoms with Gasteiger partial charge in [0.1, 0.15) is 6.29 Å². The normalized spacial score (nSPS) is 8.00. The number of carbonyl (C=O) groups is 1. The predicted molar refractivity (Wildman–Crippen MR) is 53.4 cm³/mol. The zero-order valence-corrected chi connectivity index (χ0v) is 11.7. The van der Waals surface area contributed by atoms with Gasteiger partial charge in [-0.05, 0) is 5.46 Å². The molecule has 0 bridgehead atoms. The average Bonchev–Trinajstić information content (AvgIpc) is 2.19. The van der Waals surface area contributed by atoms with Crippen molar-refractivity contribution in [3.8, 4) is 0 Å². The third kappa shape index (κ3) is 5.08. The molecule has 0 unspecified atom stereocenters. The first-order chi connectivity index (χ1) is 6.67. The molecule has 0 heterocycles. The second-order valence-electron chi connectivity index (χ2n) is 2.22. The topological polar surface area (TPSA) is 57.5 Å². The number of carbonyl (C=O) groups excluding carboxylic acids is 1. The molecule has 0 aliphatic rings. The predicted octanol–water partition coefficient (Wildman–Crippen LogP) is 0.555. The van der Waals surface area contributed by atoms with E-state index in [4.69, 9.17) is 29.4 Å². The van der Waals surface area contributed by atoms with E-state index in [1.165, 1.54) is 12.1 Å². The minimum absolute atomic E-state index is 0.238. The van der Waals surface area contributed by atoms with Crippen molar-refractivity contribution in [2.45, 2.75) is 0 Å². The van der Waals surface area contributed by atoms with Crippen LogP contribution in [0.1, 0.15) is 10.4 Å². The SMILES string of the molecule is O=Cc1ccccc1B(O)O.[Cl][Zn][Cl]. The van der Waals surface area contributed by atoms with Gasteiger partial charge in [0.05, 0.1) is 0 Å². The summed E-state index contributed by atoms with van der Waals surface area (Å²) >= 11 is -0.931. The Labute approximate surface area is 97.9 Å². The second kappa shape index (κ2) is 8.39. The van der Waals surface area contributed by atoms with Crippen molar-refractivity contribution in [1.29, 1.82) is 0 Å². The maximum atomic E-state index is 10.3. The molecule has 0 amide bonds. The molecule has 0 spiro atoms. The van der Waals surface area contributed by atoms with Crippen LogP contribution in [-0.2, 0) is 15.1 Å². The van der Waals surface area contributed by atoms with Gasteiger partial charge in [-0.25, -0.2) is 0 Å². The molecule has 0 fully saturated rings. The van der Waals surface area contributed by atoms with Gasteiger partial charge >= 0.3 is 41.6 Å². The van der Waals surface area contributed by atoms with Crippen LogP contribution < -0.4 is 5.46 Å². The van der Waals surface area contributed by atoms with Crippen molar-refractivity contribution >= 4 is 38.2 Å². The van der Waals surface area contributed by atoms with E-state index in [1.54, 1.807) is 12.1 Å². The number of benzene rings is 1. The average molecular weight is 286 g/mol. The Morgan fingerprint density at radius 1 is 1.29 bits per heavy atom. The first kappa shape index (κ1) is 14.1. The molecule has 14 heavy (non-hydrogen) atoms. The minimum atomic E-state index is -1.57. The van der Waals surface area contributed by atoms with E-state index in [-0.39, 0.29) is 5.46 Å². The molecular formula is C7H7BCl2O3Zn. The van der Waals surface area contributed by atoms with Crippen molar-refractivity contribution in [3.63, 3.8) is 0 Å². The molecule has 0 saturated carbocycles. The van der Waals surface area contributed by atoms with Crippen LogP contribution in [0.4, 0.5) is 0 Å². The van der Waals surface area contributed by atoms with Crippen LogP contribution in [0.2, 0.25) is 0 Å². The van der Waals surface area contributed by atoms with Crippen molar-refractivity contribution in [1.82, 2.24) is 0 Å². The Morgan fingerprint density at radius 3 is 2.14 bits per heavy atom. The van der Waals surface area contributed by atoms with E-state index in [0.29, 0.717) is 11.8 Å². The second-order valence-corrected chi connectivity index (χ2v) is 6.84. The van der Waals surface area contributed by atoms with Gasteiger partial charge in [0.2, 0.25) is 0 Å². The number of aldehydes is 1. The van der Waals surface area contributed by atoms with E-state index in [1.807, 2.05) is 0 Å². The third-order valence-electron chi connectivity index (χ3n) is 1.40. The molecule has 0 aliphatic carbocycles. The molecule has 0 aromatic heterocycles. The number of hydrogen-bond acceptors (Lipinski definition) is 3. The maximum absolute atomic E-state index is 10.3. The van der Waals surface area contributed by atoms with Crippen LogP contribution in [0, 0.1) is 0 Å². The van der Waals surface area contributed by atoms with Crippen LogP contribution in [0.5, 0.6) is 0 Å². The van der Waals surface area contributed by atoms with E-state index in [9.17, 15) is 4.79 Å². The summed E-state index contributed by atoms with van der Waals surface area (Å²) in [5, 5.41) is 17.5. The molecule has 1 rings (SSSR count). The monoisotopic (exact) mass is 284 g/mol. The van der Waals surface area contributed by atoms with Crippen molar-refractivity contribution < 1.29 is 30.0 Å². The fourth-order valence-corrected chi connectivity index (χ4v) is 0.853. The van der Waals surface area contributed by atoms with E-state index < -0.39 is 22.3 Å². The van der Waals surface area contributed by atoms with Gasteiger partial charge < -0.3 is 10.0 Å². The van der Waals surface area contributed by atoms with Gasteiger partial charge in [0.15, 0.2) is 0 Å². The summed E-state index contributed by atoms with van der Waals surface area (Å²) in [7, 11) is 8.33. The van der Waals surface area contributed by atoms with Crippen LogP contribution >= 0.6 is 19.4 Å². The van der Waals surface area contributed by atoms with Gasteiger partial charge in [-0.2, -0.15) is 0 Å². The fraction of sp³-hybridized carbons (Fsp3) is 0. The van der Waals surface area contributed by atoms with Crippen molar-refractivity contribution in [3.05, 3.63) is 29.8 Å².